The predicted molar refractivity (Wildman–Crippen MR) is 76.2 cm³/mol. The number of nitrogens with one attached hydrogen (secondary N) is 1. The van der Waals surface area contributed by atoms with Gasteiger partial charge >= 0.3 is 0 Å². The molecule has 0 atom stereocenters. The molecular weight excluding hydrogens is 365 g/mol. The molecule has 0 aliphatic rings. The molecular formula is C13H8Br2FNO. The summed E-state index contributed by atoms with van der Waals surface area (Å²) in [4.78, 5) is 11.9. The van der Waals surface area contributed by atoms with Gasteiger partial charge in [-0.15, -0.1) is 0 Å². The van der Waals surface area contributed by atoms with Crippen LogP contribution in [0.25, 0.3) is 0 Å². The van der Waals surface area contributed by atoms with Crippen molar-refractivity contribution in [2.75, 3.05) is 5.32 Å². The van der Waals surface area contributed by atoms with Crippen LogP contribution in [-0.4, -0.2) is 5.91 Å². The summed E-state index contributed by atoms with van der Waals surface area (Å²) in [6.07, 6.45) is 0. The minimum Gasteiger partial charge on any atom is -0.322 e. The minimum absolute atomic E-state index is 0.266. The fraction of sp³-hybridized carbons (Fsp3) is 0. The normalized spacial score (nSPS) is 10.2. The molecule has 0 bridgehead atoms. The average molecular weight is 373 g/mol. The summed E-state index contributed by atoms with van der Waals surface area (Å²) in [6.45, 7) is 0. The number of anilines is 1. The molecule has 0 aliphatic heterocycles. The monoisotopic (exact) mass is 371 g/mol. The van der Waals surface area contributed by atoms with Crippen LogP contribution in [0.3, 0.4) is 0 Å². The summed E-state index contributed by atoms with van der Waals surface area (Å²) in [6, 6.07) is 11.3. The first-order valence-electron chi connectivity index (χ1n) is 5.07. The summed E-state index contributed by atoms with van der Waals surface area (Å²) < 4.78 is 14.6. The lowest BCUT2D eigenvalue weighted by atomic mass is 10.2. The molecule has 18 heavy (non-hydrogen) atoms. The maximum absolute atomic E-state index is 13.2. The van der Waals surface area contributed by atoms with Crippen molar-refractivity contribution >= 4 is 43.5 Å². The molecule has 0 saturated carbocycles. The van der Waals surface area contributed by atoms with Crippen LogP contribution in [0.2, 0.25) is 0 Å². The fourth-order valence-corrected chi connectivity index (χ4v) is 2.32. The van der Waals surface area contributed by atoms with Crippen molar-refractivity contribution in [1.29, 1.82) is 0 Å². The van der Waals surface area contributed by atoms with Gasteiger partial charge in [0.05, 0.1) is 0 Å². The third-order valence-electron chi connectivity index (χ3n) is 2.21. The lowest BCUT2D eigenvalue weighted by Gasteiger charge is -2.06. The van der Waals surface area contributed by atoms with Gasteiger partial charge in [-0.25, -0.2) is 4.39 Å². The summed E-state index contributed by atoms with van der Waals surface area (Å²) >= 11 is 6.46. The molecule has 0 aliphatic carbocycles. The second-order valence-corrected chi connectivity index (χ2v) is 5.45. The van der Waals surface area contributed by atoms with Gasteiger partial charge in [0.25, 0.3) is 5.91 Å². The molecule has 5 heteroatoms. The maximum Gasteiger partial charge on any atom is 0.255 e. The van der Waals surface area contributed by atoms with Gasteiger partial charge in [0.1, 0.15) is 5.82 Å². The van der Waals surface area contributed by atoms with Crippen LogP contribution in [-0.2, 0) is 0 Å². The number of carbonyl (C=O) groups is 1. The molecule has 92 valence electrons. The molecule has 2 aromatic rings. The molecule has 2 aromatic carbocycles. The van der Waals surface area contributed by atoms with Crippen molar-refractivity contribution in [1.82, 2.24) is 0 Å². The van der Waals surface area contributed by atoms with E-state index >= 15 is 0 Å². The van der Waals surface area contributed by atoms with E-state index in [1.165, 1.54) is 12.1 Å². The Labute approximate surface area is 120 Å². The molecule has 1 N–H and O–H groups in total. The number of hydrogen-bond acceptors (Lipinski definition) is 1. The Morgan fingerprint density at radius 3 is 2.50 bits per heavy atom. The largest absolute Gasteiger partial charge is 0.322 e. The van der Waals surface area contributed by atoms with E-state index in [4.69, 9.17) is 0 Å². The second kappa shape index (κ2) is 5.63. The first kappa shape index (κ1) is 13.2. The fourth-order valence-electron chi connectivity index (χ4n) is 1.45. The molecule has 0 heterocycles. The molecule has 0 radical (unpaired) electrons. The van der Waals surface area contributed by atoms with Crippen LogP contribution in [0.5, 0.6) is 0 Å². The maximum atomic E-state index is 13.2. The van der Waals surface area contributed by atoms with Crippen molar-refractivity contribution in [3.63, 3.8) is 0 Å². The Balaban J connectivity index is 2.22. The van der Waals surface area contributed by atoms with E-state index in [2.05, 4.69) is 37.2 Å². The van der Waals surface area contributed by atoms with E-state index < -0.39 is 5.82 Å². The van der Waals surface area contributed by atoms with Crippen molar-refractivity contribution in [2.45, 2.75) is 0 Å². The van der Waals surface area contributed by atoms with Crippen molar-refractivity contribution < 1.29 is 9.18 Å². The molecule has 0 fully saturated rings. The number of carbonyl (C=O) groups excluding carboxylic acids is 1. The van der Waals surface area contributed by atoms with Crippen LogP contribution < -0.4 is 5.32 Å². The summed E-state index contributed by atoms with van der Waals surface area (Å²) in [5.74, 6) is -0.808. The van der Waals surface area contributed by atoms with Gasteiger partial charge in [-0.1, -0.05) is 37.9 Å². The first-order chi connectivity index (χ1) is 8.54. The Kier molecular flexibility index (Phi) is 4.14. The predicted octanol–water partition coefficient (Wildman–Crippen LogP) is 4.60. The van der Waals surface area contributed by atoms with Crippen molar-refractivity contribution in [3.05, 3.63) is 62.8 Å². The lowest BCUT2D eigenvalue weighted by Crippen LogP contribution is -2.12. The topological polar surface area (TPSA) is 29.1 Å². The van der Waals surface area contributed by atoms with Crippen LogP contribution >= 0.6 is 31.9 Å². The van der Waals surface area contributed by atoms with Gasteiger partial charge in [-0.3, -0.25) is 4.79 Å². The highest BCUT2D eigenvalue weighted by molar-refractivity contribution is 9.10. The van der Waals surface area contributed by atoms with Gasteiger partial charge < -0.3 is 5.32 Å². The zero-order valence-corrected chi connectivity index (χ0v) is 12.3. The summed E-state index contributed by atoms with van der Waals surface area (Å²) in [5, 5.41) is 2.70. The van der Waals surface area contributed by atoms with E-state index in [-0.39, 0.29) is 11.5 Å². The van der Waals surface area contributed by atoms with Gasteiger partial charge in [-0.2, -0.15) is 0 Å². The summed E-state index contributed by atoms with van der Waals surface area (Å²) in [5.41, 5.74) is 0.914. The van der Waals surface area contributed by atoms with Crippen LogP contribution in [0.4, 0.5) is 10.1 Å². The molecule has 0 aromatic heterocycles. The highest BCUT2D eigenvalue weighted by atomic mass is 79.9. The molecule has 0 saturated heterocycles. The van der Waals surface area contributed by atoms with E-state index in [1.54, 1.807) is 24.3 Å². The van der Waals surface area contributed by atoms with Crippen molar-refractivity contribution in [3.8, 4) is 0 Å². The lowest BCUT2D eigenvalue weighted by molar-refractivity contribution is 0.102. The standard InChI is InChI=1S/C13H8Br2FNO/c14-9-2-1-3-12(7-9)17-13(18)8-4-10(15)6-11(16)5-8/h1-7H,(H,17,18). The van der Waals surface area contributed by atoms with Gasteiger partial charge in [0, 0.05) is 20.2 Å². The Morgan fingerprint density at radius 1 is 1.06 bits per heavy atom. The highest BCUT2D eigenvalue weighted by Gasteiger charge is 2.08. The smallest absolute Gasteiger partial charge is 0.255 e. The third kappa shape index (κ3) is 3.40. The van der Waals surface area contributed by atoms with E-state index in [1.807, 2.05) is 6.07 Å². The van der Waals surface area contributed by atoms with E-state index in [9.17, 15) is 9.18 Å². The Morgan fingerprint density at radius 2 is 1.83 bits per heavy atom. The van der Waals surface area contributed by atoms with Gasteiger partial charge in [-0.05, 0) is 36.4 Å². The van der Waals surface area contributed by atoms with E-state index in [0.717, 1.165) is 4.47 Å². The van der Waals surface area contributed by atoms with Crippen LogP contribution in [0, 0.1) is 5.82 Å². The molecule has 0 spiro atoms. The zero-order chi connectivity index (χ0) is 13.1. The number of benzene rings is 2. The number of amides is 1. The SMILES string of the molecule is O=C(Nc1cccc(Br)c1)c1cc(F)cc(Br)c1. The first-order valence-corrected chi connectivity index (χ1v) is 6.66. The summed E-state index contributed by atoms with van der Waals surface area (Å²) in [7, 11) is 0. The van der Waals surface area contributed by atoms with Gasteiger partial charge in [0.2, 0.25) is 0 Å². The molecule has 2 rings (SSSR count). The van der Waals surface area contributed by atoms with E-state index in [0.29, 0.717) is 10.2 Å². The zero-order valence-electron chi connectivity index (χ0n) is 9.08. The molecule has 0 unspecified atom stereocenters. The quantitative estimate of drug-likeness (QED) is 0.819. The molecule has 1 amide bonds. The second-order valence-electron chi connectivity index (χ2n) is 3.62. The number of rotatable bonds is 2. The van der Waals surface area contributed by atoms with Crippen LogP contribution in [0.15, 0.2) is 51.4 Å². The highest BCUT2D eigenvalue weighted by Crippen LogP contribution is 2.18. The minimum atomic E-state index is -0.455. The van der Waals surface area contributed by atoms with Crippen LogP contribution in [0.1, 0.15) is 10.4 Å². The third-order valence-corrected chi connectivity index (χ3v) is 3.16. The molecule has 2 nitrogen and oxygen atoms in total. The number of hydrogen-bond donors (Lipinski definition) is 1. The number of halogens is 3. The van der Waals surface area contributed by atoms with Gasteiger partial charge in [0.15, 0.2) is 0 Å². The Bertz CT molecular complexity index is 581. The average Bonchev–Trinajstić information content (AvgIpc) is 2.27. The Hall–Kier alpha value is -1.20. The van der Waals surface area contributed by atoms with Crippen molar-refractivity contribution in [2.24, 2.45) is 0 Å².